The number of amides is 2. The third-order valence-corrected chi connectivity index (χ3v) is 4.75. The van der Waals surface area contributed by atoms with Gasteiger partial charge in [0, 0.05) is 17.7 Å². The highest BCUT2D eigenvalue weighted by molar-refractivity contribution is 6.34. The van der Waals surface area contributed by atoms with Crippen molar-refractivity contribution in [3.63, 3.8) is 0 Å². The summed E-state index contributed by atoms with van der Waals surface area (Å²) < 4.78 is 5.74. The molecular weight excluding hydrogens is 374 g/mol. The molecule has 8 heteroatoms. The van der Waals surface area contributed by atoms with Crippen molar-refractivity contribution in [3.05, 3.63) is 88.0 Å². The lowest BCUT2D eigenvalue weighted by Gasteiger charge is -2.13. The lowest BCUT2D eigenvalue weighted by atomic mass is 10.1. The van der Waals surface area contributed by atoms with Crippen LogP contribution >= 0.6 is 0 Å². The second-order valence-corrected chi connectivity index (χ2v) is 6.47. The van der Waals surface area contributed by atoms with E-state index in [4.69, 9.17) is 4.42 Å². The van der Waals surface area contributed by atoms with Crippen LogP contribution in [0.5, 0.6) is 0 Å². The number of non-ortho nitro benzene ring substituents is 1. The number of oxazole rings is 1. The van der Waals surface area contributed by atoms with Gasteiger partial charge in [-0.3, -0.25) is 19.7 Å². The Morgan fingerprint density at radius 3 is 2.34 bits per heavy atom. The van der Waals surface area contributed by atoms with E-state index in [1.165, 1.54) is 24.3 Å². The van der Waals surface area contributed by atoms with Gasteiger partial charge in [0.1, 0.15) is 5.52 Å². The number of aromatic nitrogens is 1. The van der Waals surface area contributed by atoms with E-state index in [2.05, 4.69) is 4.98 Å². The van der Waals surface area contributed by atoms with Crippen LogP contribution in [0.4, 0.5) is 11.4 Å². The molecule has 0 aliphatic carbocycles. The summed E-state index contributed by atoms with van der Waals surface area (Å²) in [6, 6.07) is 17.4. The first kappa shape index (κ1) is 16.8. The Balaban J connectivity index is 1.54. The Morgan fingerprint density at radius 2 is 1.62 bits per heavy atom. The van der Waals surface area contributed by atoms with E-state index in [-0.39, 0.29) is 22.5 Å². The van der Waals surface area contributed by atoms with Crippen LogP contribution in [0.25, 0.3) is 22.6 Å². The van der Waals surface area contributed by atoms with E-state index in [0.717, 1.165) is 4.90 Å². The summed E-state index contributed by atoms with van der Waals surface area (Å²) in [6.07, 6.45) is 0. The summed E-state index contributed by atoms with van der Waals surface area (Å²) in [4.78, 5) is 41.3. The highest BCUT2D eigenvalue weighted by Gasteiger charge is 2.37. The van der Waals surface area contributed by atoms with Crippen molar-refractivity contribution in [3.8, 4) is 11.5 Å². The standard InChI is InChI=1S/C21H11N3O5/c25-20-15-10-5-12(19-22-17-3-1-2-4-18(17)29-19)11-16(15)21(26)23(20)13-6-8-14(9-7-13)24(27)28/h1-11H. The first-order valence-corrected chi connectivity index (χ1v) is 8.66. The quantitative estimate of drug-likeness (QED) is 0.297. The Labute approximate surface area is 163 Å². The summed E-state index contributed by atoms with van der Waals surface area (Å²) in [7, 11) is 0. The summed E-state index contributed by atoms with van der Waals surface area (Å²) in [5.74, 6) is -0.636. The smallest absolute Gasteiger partial charge is 0.269 e. The number of nitro groups is 1. The van der Waals surface area contributed by atoms with Crippen LogP contribution in [0, 0.1) is 10.1 Å². The van der Waals surface area contributed by atoms with E-state index in [0.29, 0.717) is 22.6 Å². The fourth-order valence-corrected chi connectivity index (χ4v) is 3.33. The topological polar surface area (TPSA) is 107 Å². The fraction of sp³-hybridized carbons (Fsp3) is 0. The number of carbonyl (C=O) groups is 2. The Kier molecular flexibility index (Phi) is 3.53. The second kappa shape index (κ2) is 6.10. The summed E-state index contributed by atoms with van der Waals surface area (Å²) in [5.41, 5.74) is 2.53. The molecule has 1 aromatic heterocycles. The fourth-order valence-electron chi connectivity index (χ4n) is 3.33. The molecule has 0 bridgehead atoms. The van der Waals surface area contributed by atoms with Gasteiger partial charge in [0.25, 0.3) is 17.5 Å². The molecule has 2 heterocycles. The normalized spacial score (nSPS) is 13.2. The van der Waals surface area contributed by atoms with Gasteiger partial charge in [0.2, 0.25) is 5.89 Å². The minimum absolute atomic E-state index is 0.122. The molecule has 5 rings (SSSR count). The average molecular weight is 385 g/mol. The molecule has 0 saturated heterocycles. The third-order valence-electron chi connectivity index (χ3n) is 4.75. The van der Waals surface area contributed by atoms with E-state index in [9.17, 15) is 19.7 Å². The number of hydrogen-bond donors (Lipinski definition) is 0. The second-order valence-electron chi connectivity index (χ2n) is 6.47. The molecule has 0 radical (unpaired) electrons. The van der Waals surface area contributed by atoms with Gasteiger partial charge in [0.15, 0.2) is 5.58 Å². The maximum absolute atomic E-state index is 12.9. The molecule has 0 unspecified atom stereocenters. The van der Waals surface area contributed by atoms with Crippen molar-refractivity contribution in [2.24, 2.45) is 0 Å². The zero-order valence-corrected chi connectivity index (χ0v) is 14.7. The molecule has 3 aromatic carbocycles. The lowest BCUT2D eigenvalue weighted by molar-refractivity contribution is -0.384. The van der Waals surface area contributed by atoms with Crippen LogP contribution in [0.2, 0.25) is 0 Å². The highest BCUT2D eigenvalue weighted by Crippen LogP contribution is 2.33. The van der Waals surface area contributed by atoms with Crippen molar-refractivity contribution < 1.29 is 18.9 Å². The van der Waals surface area contributed by atoms with Gasteiger partial charge in [-0.1, -0.05) is 12.1 Å². The van der Waals surface area contributed by atoms with E-state index in [1.807, 2.05) is 18.2 Å². The predicted octanol–water partition coefficient (Wildman–Crippen LogP) is 4.20. The van der Waals surface area contributed by atoms with Crippen molar-refractivity contribution in [2.45, 2.75) is 0 Å². The SMILES string of the molecule is O=C1c2ccc(-c3nc4ccccc4o3)cc2C(=O)N1c1ccc([N+](=O)[O-])cc1. The molecule has 2 amide bonds. The first-order valence-electron chi connectivity index (χ1n) is 8.66. The number of fused-ring (bicyclic) bond motifs is 2. The molecule has 1 aliphatic heterocycles. The molecule has 140 valence electrons. The molecule has 0 saturated carbocycles. The summed E-state index contributed by atoms with van der Waals surface area (Å²) in [6.45, 7) is 0. The van der Waals surface area contributed by atoms with Crippen LogP contribution in [0.3, 0.4) is 0 Å². The maximum atomic E-state index is 12.9. The summed E-state index contributed by atoms with van der Waals surface area (Å²) in [5, 5.41) is 10.8. The molecule has 8 nitrogen and oxygen atoms in total. The number of nitrogens with zero attached hydrogens (tertiary/aromatic N) is 3. The van der Waals surface area contributed by atoms with Crippen molar-refractivity contribution in [1.29, 1.82) is 0 Å². The molecule has 0 atom stereocenters. The zero-order chi connectivity index (χ0) is 20.1. The number of para-hydroxylation sites is 2. The predicted molar refractivity (Wildman–Crippen MR) is 104 cm³/mol. The number of anilines is 1. The van der Waals surface area contributed by atoms with Crippen molar-refractivity contribution in [2.75, 3.05) is 4.90 Å². The Hall–Kier alpha value is -4.33. The van der Waals surface area contributed by atoms with Crippen LogP contribution < -0.4 is 4.90 Å². The molecule has 29 heavy (non-hydrogen) atoms. The molecule has 1 aliphatic rings. The van der Waals surface area contributed by atoms with Crippen molar-refractivity contribution >= 4 is 34.3 Å². The van der Waals surface area contributed by atoms with Gasteiger partial charge in [0.05, 0.1) is 21.7 Å². The van der Waals surface area contributed by atoms with E-state index in [1.54, 1.807) is 24.3 Å². The van der Waals surface area contributed by atoms with Gasteiger partial charge in [-0.15, -0.1) is 0 Å². The Morgan fingerprint density at radius 1 is 0.897 bits per heavy atom. The van der Waals surface area contributed by atoms with Gasteiger partial charge < -0.3 is 4.42 Å². The number of rotatable bonds is 3. The van der Waals surface area contributed by atoms with Crippen LogP contribution in [-0.4, -0.2) is 21.7 Å². The molecule has 0 spiro atoms. The van der Waals surface area contributed by atoms with Crippen LogP contribution in [0.15, 0.2) is 71.1 Å². The minimum atomic E-state index is -0.543. The van der Waals surface area contributed by atoms with Crippen LogP contribution in [0.1, 0.15) is 20.7 Å². The van der Waals surface area contributed by atoms with Gasteiger partial charge in [-0.05, 0) is 42.5 Å². The third kappa shape index (κ3) is 2.58. The average Bonchev–Trinajstić information content (AvgIpc) is 3.27. The van der Waals surface area contributed by atoms with Gasteiger partial charge in [-0.25, -0.2) is 9.88 Å². The number of nitro benzene ring substituents is 1. The lowest BCUT2D eigenvalue weighted by Crippen LogP contribution is -2.29. The molecule has 4 aromatic rings. The largest absolute Gasteiger partial charge is 0.436 e. The molecule has 0 N–H and O–H groups in total. The van der Waals surface area contributed by atoms with E-state index < -0.39 is 16.7 Å². The van der Waals surface area contributed by atoms with Gasteiger partial charge >= 0.3 is 0 Å². The zero-order valence-electron chi connectivity index (χ0n) is 14.7. The summed E-state index contributed by atoms with van der Waals surface area (Å²) >= 11 is 0. The first-order chi connectivity index (χ1) is 14.0. The number of benzene rings is 3. The number of carbonyl (C=O) groups excluding carboxylic acids is 2. The number of hydrogen-bond acceptors (Lipinski definition) is 6. The minimum Gasteiger partial charge on any atom is -0.436 e. The maximum Gasteiger partial charge on any atom is 0.269 e. The number of imide groups is 1. The van der Waals surface area contributed by atoms with Crippen LogP contribution in [-0.2, 0) is 0 Å². The van der Waals surface area contributed by atoms with Gasteiger partial charge in [-0.2, -0.15) is 0 Å². The highest BCUT2D eigenvalue weighted by atomic mass is 16.6. The van der Waals surface area contributed by atoms with E-state index >= 15 is 0 Å². The molecule has 0 fully saturated rings. The Bertz CT molecular complexity index is 1290. The molecular formula is C21H11N3O5. The monoisotopic (exact) mass is 385 g/mol. The van der Waals surface area contributed by atoms with Crippen molar-refractivity contribution in [1.82, 2.24) is 4.98 Å².